The van der Waals surface area contributed by atoms with Crippen molar-refractivity contribution in [3.63, 3.8) is 0 Å². The Labute approximate surface area is 248 Å². The summed E-state index contributed by atoms with van der Waals surface area (Å²) in [5, 5.41) is 86.5. The molecule has 10 nitrogen and oxygen atoms in total. The van der Waals surface area contributed by atoms with E-state index in [0.717, 1.165) is 18.4 Å². The van der Waals surface area contributed by atoms with E-state index in [1.165, 1.54) is 0 Å². The molecule has 0 spiro atoms. The summed E-state index contributed by atoms with van der Waals surface area (Å²) < 4.78 is 11.4. The van der Waals surface area contributed by atoms with Crippen LogP contribution in [0.1, 0.15) is 66.2 Å². The van der Waals surface area contributed by atoms with Crippen molar-refractivity contribution in [3.8, 4) is 0 Å². The van der Waals surface area contributed by atoms with Crippen molar-refractivity contribution in [2.24, 2.45) is 40.4 Å². The molecule has 1 aliphatic heterocycles. The van der Waals surface area contributed by atoms with E-state index in [1.807, 2.05) is 26.0 Å². The Bertz CT molecular complexity index is 1030. The number of hydrogen-bond donors (Lipinski definition) is 8. The van der Waals surface area contributed by atoms with E-state index in [4.69, 9.17) is 9.47 Å². The van der Waals surface area contributed by atoms with Gasteiger partial charge < -0.3 is 50.3 Å². The minimum Gasteiger partial charge on any atom is -0.396 e. The van der Waals surface area contributed by atoms with Crippen LogP contribution in [0.2, 0.25) is 0 Å². The maximum absolute atomic E-state index is 12.5. The van der Waals surface area contributed by atoms with Gasteiger partial charge in [0.15, 0.2) is 6.29 Å². The van der Waals surface area contributed by atoms with Crippen molar-refractivity contribution >= 4 is 0 Å². The van der Waals surface area contributed by atoms with Crippen LogP contribution in [0.4, 0.5) is 0 Å². The van der Waals surface area contributed by atoms with E-state index in [9.17, 15) is 40.9 Å². The Morgan fingerprint density at radius 3 is 2.40 bits per heavy atom. The number of rotatable bonds is 7. The summed E-state index contributed by atoms with van der Waals surface area (Å²) in [6, 6.07) is 0. The molecular weight excluding hydrogens is 544 g/mol. The maximum Gasteiger partial charge on any atom is 0.186 e. The average Bonchev–Trinajstić information content (AvgIpc) is 3.14. The Hall–Kier alpha value is -0.920. The molecule has 10 heteroatoms. The largest absolute Gasteiger partial charge is 0.396 e. The highest BCUT2D eigenvalue weighted by Crippen LogP contribution is 2.69. The average molecular weight is 597 g/mol. The second kappa shape index (κ2) is 11.8. The molecule has 0 aromatic carbocycles. The molecule has 1 saturated heterocycles. The zero-order chi connectivity index (χ0) is 30.8. The number of allylic oxidation sites excluding steroid dienone is 2. The minimum atomic E-state index is -1.41. The molecule has 42 heavy (non-hydrogen) atoms. The molecule has 3 saturated carbocycles. The smallest absolute Gasteiger partial charge is 0.186 e. The molecular formula is C32H52O10. The normalized spacial score (nSPS) is 52.3. The summed E-state index contributed by atoms with van der Waals surface area (Å²) in [4.78, 5) is 0. The summed E-state index contributed by atoms with van der Waals surface area (Å²) in [5.74, 6) is -1.05. The van der Waals surface area contributed by atoms with Gasteiger partial charge in [0.2, 0.25) is 0 Å². The zero-order valence-corrected chi connectivity index (χ0v) is 25.3. The lowest BCUT2D eigenvalue weighted by Crippen LogP contribution is -2.66. The monoisotopic (exact) mass is 596 g/mol. The fourth-order valence-corrected chi connectivity index (χ4v) is 9.80. The van der Waals surface area contributed by atoms with Gasteiger partial charge in [-0.15, -0.1) is 0 Å². The first-order valence-corrected chi connectivity index (χ1v) is 15.8. The molecule has 0 aromatic rings. The van der Waals surface area contributed by atoms with E-state index in [1.54, 1.807) is 0 Å². The van der Waals surface area contributed by atoms with Crippen molar-refractivity contribution < 1.29 is 50.3 Å². The van der Waals surface area contributed by atoms with E-state index in [2.05, 4.69) is 19.9 Å². The lowest BCUT2D eigenvalue weighted by Gasteiger charge is -2.63. The number of ether oxygens (including phenoxy) is 2. The quantitative estimate of drug-likeness (QED) is 0.194. The molecule has 8 N–H and O–H groups in total. The highest BCUT2D eigenvalue weighted by atomic mass is 16.7. The van der Waals surface area contributed by atoms with Crippen LogP contribution < -0.4 is 0 Å². The van der Waals surface area contributed by atoms with Crippen LogP contribution >= 0.6 is 0 Å². The number of aliphatic hydroxyl groups is 8. The number of fused-ring (bicyclic) bond motifs is 5. The van der Waals surface area contributed by atoms with Gasteiger partial charge in [0.05, 0.1) is 36.6 Å². The lowest BCUT2D eigenvalue weighted by atomic mass is 9.43. The summed E-state index contributed by atoms with van der Waals surface area (Å²) in [5.41, 5.74) is -1.74. The van der Waals surface area contributed by atoms with Crippen molar-refractivity contribution in [1.82, 2.24) is 0 Å². The Morgan fingerprint density at radius 1 is 1.00 bits per heavy atom. The predicted molar refractivity (Wildman–Crippen MR) is 153 cm³/mol. The van der Waals surface area contributed by atoms with Crippen molar-refractivity contribution in [2.75, 3.05) is 13.2 Å². The second-order valence-corrected chi connectivity index (χ2v) is 14.6. The third kappa shape index (κ3) is 5.13. The Morgan fingerprint density at radius 2 is 1.71 bits per heavy atom. The molecule has 0 radical (unpaired) electrons. The van der Waals surface area contributed by atoms with Gasteiger partial charge in [-0.3, -0.25) is 0 Å². The summed E-state index contributed by atoms with van der Waals surface area (Å²) in [7, 11) is 0. The summed E-state index contributed by atoms with van der Waals surface area (Å²) >= 11 is 0. The van der Waals surface area contributed by atoms with Gasteiger partial charge in [-0.1, -0.05) is 45.9 Å². The molecule has 0 bridgehead atoms. The summed E-state index contributed by atoms with van der Waals surface area (Å²) in [6.07, 6.45) is 0.511. The second-order valence-electron chi connectivity index (χ2n) is 14.6. The van der Waals surface area contributed by atoms with Gasteiger partial charge in [-0.05, 0) is 72.2 Å². The van der Waals surface area contributed by atoms with E-state index in [-0.39, 0.29) is 43.3 Å². The van der Waals surface area contributed by atoms with Gasteiger partial charge in [0.25, 0.3) is 0 Å². The highest BCUT2D eigenvalue weighted by Gasteiger charge is 2.72. The molecule has 1 heterocycles. The van der Waals surface area contributed by atoms with E-state index < -0.39 is 71.4 Å². The van der Waals surface area contributed by atoms with Crippen LogP contribution in [0.15, 0.2) is 23.8 Å². The van der Waals surface area contributed by atoms with Gasteiger partial charge in [-0.25, -0.2) is 0 Å². The van der Waals surface area contributed by atoms with Crippen molar-refractivity contribution in [3.05, 3.63) is 23.8 Å². The van der Waals surface area contributed by atoms with Crippen LogP contribution in [-0.4, -0.2) is 109 Å². The van der Waals surface area contributed by atoms with Gasteiger partial charge in [0.1, 0.15) is 18.3 Å². The predicted octanol–water partition coefficient (Wildman–Crippen LogP) is 0.628. The van der Waals surface area contributed by atoms with Gasteiger partial charge >= 0.3 is 0 Å². The van der Waals surface area contributed by atoms with Crippen LogP contribution in [0.5, 0.6) is 0 Å². The first kappa shape index (κ1) is 32.5. The van der Waals surface area contributed by atoms with Gasteiger partial charge in [0, 0.05) is 18.9 Å². The first-order valence-electron chi connectivity index (χ1n) is 15.8. The summed E-state index contributed by atoms with van der Waals surface area (Å²) in [6.45, 7) is 8.08. The third-order valence-corrected chi connectivity index (χ3v) is 11.9. The van der Waals surface area contributed by atoms with Gasteiger partial charge in [-0.2, -0.15) is 0 Å². The van der Waals surface area contributed by atoms with Crippen LogP contribution in [0, 0.1) is 40.4 Å². The first-order chi connectivity index (χ1) is 19.7. The van der Waals surface area contributed by atoms with E-state index in [0.29, 0.717) is 19.3 Å². The van der Waals surface area contributed by atoms with Crippen LogP contribution in [0.3, 0.4) is 0 Å². The van der Waals surface area contributed by atoms with Crippen LogP contribution in [0.25, 0.3) is 0 Å². The molecule has 4 unspecified atom stereocenters. The molecule has 4 aliphatic carbocycles. The molecule has 5 aliphatic rings. The van der Waals surface area contributed by atoms with Crippen molar-refractivity contribution in [2.45, 2.75) is 121 Å². The number of aliphatic hydroxyl groups excluding tert-OH is 7. The molecule has 16 atom stereocenters. The Kier molecular flexibility index (Phi) is 9.11. The molecule has 4 fully saturated rings. The van der Waals surface area contributed by atoms with Crippen molar-refractivity contribution in [1.29, 1.82) is 0 Å². The third-order valence-electron chi connectivity index (χ3n) is 11.9. The molecule has 0 amide bonds. The SMILES string of the molecule is C[C@H](CO)C/C=C/[C@@H](C)[C@H]1[C@@H](O)[C@H](O)C2[C@]3(O)C[C@@H](O)C4=C[C@@H](O[C@@H]5OC[C@@H](O)C(O)C5O)CC[C@]4(C)C3CC[C@@]21C. The standard InChI is InChI=1S/C32H52O10/c1-16(14-33)6-5-7-17(2)23-25(37)26(38)28-31(23,4)11-9-22-30(3)10-8-18(12-19(30)20(34)13-32(22,28)40)42-29-27(39)24(36)21(35)15-41-29/h5,7,12,16-18,20-29,33-40H,6,8-11,13-15H2,1-4H3/b7-5+/t16-,17+,18-,20+,21+,22?,23-,24?,25+,26-,27?,28?,29-,30-,31+,32-/m0/s1. The minimum absolute atomic E-state index is 0.0360. The zero-order valence-electron chi connectivity index (χ0n) is 25.3. The van der Waals surface area contributed by atoms with Crippen LogP contribution in [-0.2, 0) is 9.47 Å². The van der Waals surface area contributed by atoms with E-state index >= 15 is 0 Å². The molecule has 240 valence electrons. The highest BCUT2D eigenvalue weighted by molar-refractivity contribution is 5.33. The Balaban J connectivity index is 1.38. The fourth-order valence-electron chi connectivity index (χ4n) is 9.80. The fraction of sp³-hybridized carbons (Fsp3) is 0.875. The lowest BCUT2D eigenvalue weighted by molar-refractivity contribution is -0.280. The molecule has 0 aromatic heterocycles. The topological polar surface area (TPSA) is 180 Å². The number of hydrogen-bond acceptors (Lipinski definition) is 10. The molecule has 5 rings (SSSR count). The maximum atomic E-state index is 12.5.